The van der Waals surface area contributed by atoms with Gasteiger partial charge < -0.3 is 20.3 Å². The predicted molar refractivity (Wildman–Crippen MR) is 389 cm³/mol. The minimum Gasteiger partial charge on any atom is -0.466 e. The van der Waals surface area contributed by atoms with Crippen molar-refractivity contribution in [1.29, 1.82) is 0 Å². The highest BCUT2D eigenvalue weighted by atomic mass is 16.5. The summed E-state index contributed by atoms with van der Waals surface area (Å²) in [7, 11) is 0. The average molecular weight is 1240 g/mol. The smallest absolute Gasteiger partial charge is 0.305 e. The fraction of sp³-hybridized carbons (Fsp3) is 0.878. The van der Waals surface area contributed by atoms with Crippen molar-refractivity contribution in [2.24, 2.45) is 0 Å². The van der Waals surface area contributed by atoms with Crippen LogP contribution >= 0.6 is 0 Å². The second-order valence-electron chi connectivity index (χ2n) is 27.4. The maximum absolute atomic E-state index is 12.6. The van der Waals surface area contributed by atoms with Gasteiger partial charge in [0.2, 0.25) is 5.91 Å². The van der Waals surface area contributed by atoms with Crippen molar-refractivity contribution in [2.75, 3.05) is 13.2 Å². The molecular formula is C82H155NO5. The molecule has 0 aliphatic rings. The van der Waals surface area contributed by atoms with E-state index in [9.17, 15) is 19.8 Å². The van der Waals surface area contributed by atoms with E-state index in [1.165, 1.54) is 347 Å². The van der Waals surface area contributed by atoms with Gasteiger partial charge in [-0.25, -0.2) is 0 Å². The summed E-state index contributed by atoms with van der Waals surface area (Å²) < 4.78 is 5.50. The Morgan fingerprint density at radius 3 is 0.886 bits per heavy atom. The van der Waals surface area contributed by atoms with Crippen LogP contribution in [0.3, 0.4) is 0 Å². The van der Waals surface area contributed by atoms with Gasteiger partial charge in [-0.3, -0.25) is 9.59 Å². The Morgan fingerprint density at radius 1 is 0.318 bits per heavy atom. The highest BCUT2D eigenvalue weighted by molar-refractivity contribution is 5.76. The molecule has 2 atom stereocenters. The zero-order chi connectivity index (χ0) is 63.5. The summed E-state index contributed by atoms with van der Waals surface area (Å²) >= 11 is 0. The highest BCUT2D eigenvalue weighted by Gasteiger charge is 2.20. The Hall–Kier alpha value is -2.18. The molecule has 0 saturated heterocycles. The summed E-state index contributed by atoms with van der Waals surface area (Å²) in [6, 6.07) is -0.545. The molecule has 0 bridgehead atoms. The molecule has 0 radical (unpaired) electrons. The van der Waals surface area contributed by atoms with Gasteiger partial charge in [0.25, 0.3) is 0 Å². The molecule has 3 N–H and O–H groups in total. The molecule has 6 heteroatoms. The molecule has 518 valence electrons. The SMILES string of the molecule is CCCCC/C=C\C/C=C\CCCCCCCCCC(=O)OCCCCCCCCCCC/C=C\C/C=C\CCCCCCCCCCCCCCCC(=O)NC(CO)C(O)CCCCCCCCCCCCCCCCCCCCCCCCCCC. The number of allylic oxidation sites excluding steroid dienone is 8. The molecule has 88 heavy (non-hydrogen) atoms. The lowest BCUT2D eigenvalue weighted by atomic mass is 10.0. The van der Waals surface area contributed by atoms with Crippen LogP contribution in [0.5, 0.6) is 0 Å². The molecule has 0 fully saturated rings. The fourth-order valence-electron chi connectivity index (χ4n) is 12.5. The number of rotatable bonds is 75. The molecule has 0 aliphatic carbocycles. The summed E-state index contributed by atoms with van der Waals surface area (Å²) in [6.45, 7) is 4.96. The van der Waals surface area contributed by atoms with E-state index in [4.69, 9.17) is 4.74 Å². The Labute approximate surface area is 550 Å². The maximum atomic E-state index is 12.6. The lowest BCUT2D eigenvalue weighted by molar-refractivity contribution is -0.143. The first-order valence-electron chi connectivity index (χ1n) is 39.9. The Morgan fingerprint density at radius 2 is 0.568 bits per heavy atom. The first-order valence-corrected chi connectivity index (χ1v) is 39.9. The van der Waals surface area contributed by atoms with Gasteiger partial charge in [0.1, 0.15) is 0 Å². The van der Waals surface area contributed by atoms with Gasteiger partial charge in [0.05, 0.1) is 25.4 Å². The molecule has 6 nitrogen and oxygen atoms in total. The van der Waals surface area contributed by atoms with Crippen molar-refractivity contribution in [3.63, 3.8) is 0 Å². The van der Waals surface area contributed by atoms with Crippen LogP contribution in [-0.2, 0) is 14.3 Å². The highest BCUT2D eigenvalue weighted by Crippen LogP contribution is 2.20. The zero-order valence-electron chi connectivity index (χ0n) is 59.5. The molecular weight excluding hydrogens is 1080 g/mol. The van der Waals surface area contributed by atoms with Crippen LogP contribution in [0.15, 0.2) is 48.6 Å². The van der Waals surface area contributed by atoms with Crippen molar-refractivity contribution >= 4 is 11.9 Å². The van der Waals surface area contributed by atoms with Gasteiger partial charge in [-0.2, -0.15) is 0 Å². The Balaban J connectivity index is 3.40. The van der Waals surface area contributed by atoms with Gasteiger partial charge in [0, 0.05) is 12.8 Å². The van der Waals surface area contributed by atoms with E-state index in [-0.39, 0.29) is 18.5 Å². The van der Waals surface area contributed by atoms with Crippen LogP contribution in [0.1, 0.15) is 438 Å². The van der Waals surface area contributed by atoms with Crippen LogP contribution in [0.25, 0.3) is 0 Å². The number of hydrogen-bond acceptors (Lipinski definition) is 5. The van der Waals surface area contributed by atoms with E-state index in [1.54, 1.807) is 0 Å². The largest absolute Gasteiger partial charge is 0.466 e. The average Bonchev–Trinajstić information content (AvgIpc) is 3.58. The number of esters is 1. The first kappa shape index (κ1) is 85.8. The topological polar surface area (TPSA) is 95.9 Å². The molecule has 2 unspecified atom stereocenters. The van der Waals surface area contributed by atoms with Crippen molar-refractivity contribution in [2.45, 2.75) is 450 Å². The monoisotopic (exact) mass is 1230 g/mol. The number of unbranched alkanes of at least 4 members (excludes halogenated alkanes) is 56. The fourth-order valence-corrected chi connectivity index (χ4v) is 12.5. The van der Waals surface area contributed by atoms with Gasteiger partial charge in [-0.1, -0.05) is 383 Å². The number of carbonyl (C=O) groups is 2. The predicted octanol–water partition coefficient (Wildman–Crippen LogP) is 26.4. The molecule has 0 rings (SSSR count). The molecule has 0 saturated carbocycles. The third-order valence-corrected chi connectivity index (χ3v) is 18.6. The number of aliphatic hydroxyl groups excluding tert-OH is 2. The van der Waals surface area contributed by atoms with E-state index in [0.29, 0.717) is 25.9 Å². The van der Waals surface area contributed by atoms with Crippen molar-refractivity contribution < 1.29 is 24.5 Å². The standard InChI is InChI=1S/C82H155NO5/c1-3-5-7-9-11-13-15-17-19-21-22-23-24-30-33-36-39-43-46-50-54-58-62-66-70-74-80(85)79(78-84)83-81(86)75-71-67-63-59-55-51-47-44-40-37-34-31-28-26-25-27-29-32-35-38-41-45-49-53-57-61-65-69-73-77-88-82(87)76-72-68-64-60-56-52-48-42-20-18-16-14-12-10-8-6-4-2/h12,14,18,20,25,27,32,35,79-80,84-85H,3-11,13,15-17,19,21-24,26,28-31,33-34,36-78H2,1-2H3,(H,83,86)/b14-12-,20-18-,27-25-,35-32-. The van der Waals surface area contributed by atoms with Crippen LogP contribution in [0.4, 0.5) is 0 Å². The first-order chi connectivity index (χ1) is 43.5. The summed E-state index contributed by atoms with van der Waals surface area (Å²) in [5, 5.41) is 23.5. The summed E-state index contributed by atoms with van der Waals surface area (Å²) in [6.07, 6.45) is 102. The summed E-state index contributed by atoms with van der Waals surface area (Å²) in [4.78, 5) is 24.7. The van der Waals surface area contributed by atoms with Crippen LogP contribution < -0.4 is 5.32 Å². The number of ether oxygens (including phenoxy) is 1. The molecule has 0 aliphatic heterocycles. The van der Waals surface area contributed by atoms with Crippen LogP contribution in [-0.4, -0.2) is 47.4 Å². The molecule has 0 heterocycles. The quantitative estimate of drug-likeness (QED) is 0.0320. The van der Waals surface area contributed by atoms with Crippen molar-refractivity contribution in [3.8, 4) is 0 Å². The number of aliphatic hydroxyl groups is 2. The third-order valence-electron chi connectivity index (χ3n) is 18.6. The Kier molecular flexibility index (Phi) is 75.4. The second-order valence-corrected chi connectivity index (χ2v) is 27.4. The van der Waals surface area contributed by atoms with Crippen LogP contribution in [0.2, 0.25) is 0 Å². The maximum Gasteiger partial charge on any atom is 0.305 e. The number of carbonyl (C=O) groups excluding carboxylic acids is 2. The van der Waals surface area contributed by atoms with Crippen molar-refractivity contribution in [3.05, 3.63) is 48.6 Å². The van der Waals surface area contributed by atoms with Gasteiger partial charge in [-0.15, -0.1) is 0 Å². The lowest BCUT2D eigenvalue weighted by Crippen LogP contribution is -2.45. The lowest BCUT2D eigenvalue weighted by Gasteiger charge is -2.22. The number of nitrogens with one attached hydrogen (secondary N) is 1. The molecule has 0 aromatic heterocycles. The summed E-state index contributed by atoms with van der Waals surface area (Å²) in [5.74, 6) is -0.0262. The van der Waals surface area contributed by atoms with E-state index < -0.39 is 12.1 Å². The van der Waals surface area contributed by atoms with Crippen LogP contribution in [0, 0.1) is 0 Å². The Bertz CT molecular complexity index is 1470. The van der Waals surface area contributed by atoms with E-state index in [0.717, 1.165) is 57.8 Å². The molecule has 0 aromatic rings. The van der Waals surface area contributed by atoms with E-state index in [1.807, 2.05) is 0 Å². The van der Waals surface area contributed by atoms with Gasteiger partial charge in [-0.05, 0) is 89.9 Å². The van der Waals surface area contributed by atoms with Gasteiger partial charge >= 0.3 is 5.97 Å². The number of hydrogen-bond donors (Lipinski definition) is 3. The minimum absolute atomic E-state index is 0.00486. The molecule has 1 amide bonds. The molecule has 0 aromatic carbocycles. The minimum atomic E-state index is -0.668. The zero-order valence-corrected chi connectivity index (χ0v) is 59.5. The normalized spacial score (nSPS) is 12.7. The number of amides is 1. The van der Waals surface area contributed by atoms with E-state index >= 15 is 0 Å². The second kappa shape index (κ2) is 77.3. The third kappa shape index (κ3) is 72.9. The molecule has 0 spiro atoms. The van der Waals surface area contributed by atoms with Crippen molar-refractivity contribution in [1.82, 2.24) is 5.32 Å². The van der Waals surface area contributed by atoms with E-state index in [2.05, 4.69) is 67.8 Å². The van der Waals surface area contributed by atoms with Gasteiger partial charge in [0.15, 0.2) is 0 Å². The summed E-state index contributed by atoms with van der Waals surface area (Å²) in [5.41, 5.74) is 0.